The fourth-order valence-corrected chi connectivity index (χ4v) is 2.31. The van der Waals surface area contributed by atoms with E-state index in [-0.39, 0.29) is 13.2 Å². The number of rotatable bonds is 5. The highest BCUT2D eigenvalue weighted by molar-refractivity contribution is 5.85. The van der Waals surface area contributed by atoms with Crippen molar-refractivity contribution in [2.45, 2.75) is 43.8 Å². The minimum absolute atomic E-state index is 0.0162. The largest absolute Gasteiger partial charge is 0.460 e. The molecule has 1 aromatic carbocycles. The summed E-state index contributed by atoms with van der Waals surface area (Å²) in [5.41, 5.74) is -1.08. The zero-order valence-corrected chi connectivity index (χ0v) is 13.5. The summed E-state index contributed by atoms with van der Waals surface area (Å²) in [4.78, 5) is 11.5. The van der Waals surface area contributed by atoms with Gasteiger partial charge in [-0.15, -0.1) is 0 Å². The van der Waals surface area contributed by atoms with Gasteiger partial charge in [-0.25, -0.2) is 0 Å². The molecule has 4 nitrogen and oxygen atoms in total. The Morgan fingerprint density at radius 2 is 1.62 bits per heavy atom. The molecule has 1 aliphatic heterocycles. The van der Waals surface area contributed by atoms with Crippen molar-refractivity contribution in [3.8, 4) is 11.5 Å². The van der Waals surface area contributed by atoms with Gasteiger partial charge in [0.1, 0.15) is 0 Å². The van der Waals surface area contributed by atoms with E-state index < -0.39 is 29.5 Å². The second-order valence-electron chi connectivity index (χ2n) is 6.35. The fourth-order valence-electron chi connectivity index (χ4n) is 2.31. The Balaban J connectivity index is 2.14. The summed E-state index contributed by atoms with van der Waals surface area (Å²) in [5, 5.41) is 1.55. The maximum atomic E-state index is 13.4. The maximum Gasteiger partial charge on any atom is 0.460 e. The second kappa shape index (κ2) is 6.20. The highest BCUT2D eigenvalue weighted by atomic mass is 19.4. The average molecular weight is 389 g/mol. The van der Waals surface area contributed by atoms with Gasteiger partial charge in [0, 0.05) is 5.54 Å². The molecule has 0 saturated heterocycles. The minimum Gasteiger partial charge on any atom is -0.454 e. The van der Waals surface area contributed by atoms with Gasteiger partial charge < -0.3 is 14.8 Å². The molecular weight excluding hydrogens is 375 g/mol. The molecule has 0 aliphatic carbocycles. The van der Waals surface area contributed by atoms with Crippen LogP contribution < -0.4 is 14.8 Å². The number of nitrogens with one attached hydrogen (secondary N) is 1. The quantitative estimate of drug-likeness (QED) is 0.782. The summed E-state index contributed by atoms with van der Waals surface area (Å²) in [5.74, 6) is -14.4. The first-order valence-electron chi connectivity index (χ1n) is 7.21. The molecule has 2 rings (SSSR count). The van der Waals surface area contributed by atoms with E-state index >= 15 is 0 Å². The molecule has 1 amide bonds. The van der Waals surface area contributed by atoms with Crippen molar-refractivity contribution < 1.29 is 45.0 Å². The van der Waals surface area contributed by atoms with Crippen LogP contribution in [0.2, 0.25) is 0 Å². The molecule has 0 radical (unpaired) electrons. The summed E-state index contributed by atoms with van der Waals surface area (Å²) in [6, 6.07) is 4.52. The molecule has 0 aromatic heterocycles. The van der Waals surface area contributed by atoms with Crippen LogP contribution >= 0.6 is 0 Å². The molecule has 1 N–H and O–H groups in total. The van der Waals surface area contributed by atoms with Gasteiger partial charge in [0.25, 0.3) is 5.91 Å². The van der Waals surface area contributed by atoms with Crippen molar-refractivity contribution in [1.82, 2.24) is 5.32 Å². The topological polar surface area (TPSA) is 47.6 Å². The predicted octanol–water partition coefficient (Wildman–Crippen LogP) is 3.69. The van der Waals surface area contributed by atoms with Crippen molar-refractivity contribution in [2.75, 3.05) is 6.79 Å². The predicted molar refractivity (Wildman–Crippen MR) is 74.4 cm³/mol. The lowest BCUT2D eigenvalue weighted by Crippen LogP contribution is -2.62. The van der Waals surface area contributed by atoms with Crippen LogP contribution in [0.3, 0.4) is 0 Å². The van der Waals surface area contributed by atoms with Crippen LogP contribution in [0.25, 0.3) is 0 Å². The Hall–Kier alpha value is -2.20. The molecule has 26 heavy (non-hydrogen) atoms. The number of amides is 1. The number of benzene rings is 1. The van der Waals surface area contributed by atoms with Crippen LogP contribution in [-0.4, -0.2) is 36.3 Å². The summed E-state index contributed by atoms with van der Waals surface area (Å²) in [7, 11) is 0. The zero-order chi connectivity index (χ0) is 20.0. The molecule has 0 saturated carbocycles. The Kier molecular flexibility index (Phi) is 4.80. The van der Waals surface area contributed by atoms with E-state index in [9.17, 15) is 35.5 Å². The molecule has 1 heterocycles. The molecule has 1 aliphatic rings. The van der Waals surface area contributed by atoms with Gasteiger partial charge in [-0.2, -0.15) is 30.7 Å². The molecular formula is C15H14F7NO3. The lowest BCUT2D eigenvalue weighted by molar-refractivity contribution is -0.344. The number of ether oxygens (including phenoxy) is 2. The van der Waals surface area contributed by atoms with E-state index in [0.29, 0.717) is 17.1 Å². The average Bonchev–Trinajstić information content (AvgIpc) is 2.92. The molecule has 0 bridgehead atoms. The monoisotopic (exact) mass is 389 g/mol. The van der Waals surface area contributed by atoms with Gasteiger partial charge in [-0.1, -0.05) is 6.07 Å². The first-order valence-corrected chi connectivity index (χ1v) is 7.21. The Bertz CT molecular complexity index is 701. The van der Waals surface area contributed by atoms with Crippen molar-refractivity contribution in [2.24, 2.45) is 0 Å². The Labute approximate surface area is 143 Å². The van der Waals surface area contributed by atoms with E-state index in [1.165, 1.54) is 32.0 Å². The van der Waals surface area contributed by atoms with Crippen LogP contribution in [0.5, 0.6) is 11.5 Å². The Morgan fingerprint density at radius 1 is 1.04 bits per heavy atom. The second-order valence-corrected chi connectivity index (χ2v) is 6.35. The standard InChI is InChI=1S/C15H14F7NO3/c1-12(2,6-8-3-4-9-10(5-8)26-7-25-9)23-11(24)13(16,17)14(18,19)15(20,21)22/h3-5H,6-7H2,1-2H3,(H,23,24). The minimum atomic E-state index is -6.57. The van der Waals surface area contributed by atoms with Crippen LogP contribution in [0.15, 0.2) is 18.2 Å². The van der Waals surface area contributed by atoms with Crippen LogP contribution in [0, 0.1) is 0 Å². The van der Waals surface area contributed by atoms with Gasteiger partial charge in [-0.3, -0.25) is 4.79 Å². The molecule has 0 spiro atoms. The zero-order valence-electron chi connectivity index (χ0n) is 13.5. The summed E-state index contributed by atoms with van der Waals surface area (Å²) >= 11 is 0. The van der Waals surface area contributed by atoms with Gasteiger partial charge in [0.15, 0.2) is 11.5 Å². The number of hydrogen-bond donors (Lipinski definition) is 1. The van der Waals surface area contributed by atoms with E-state index in [0.717, 1.165) is 0 Å². The number of carbonyl (C=O) groups is 1. The third-order valence-electron chi connectivity index (χ3n) is 3.57. The Morgan fingerprint density at radius 3 is 2.19 bits per heavy atom. The summed E-state index contributed by atoms with van der Waals surface area (Å²) < 4.78 is 99.4. The van der Waals surface area contributed by atoms with Gasteiger partial charge in [0.05, 0.1) is 0 Å². The fraction of sp³-hybridized carbons (Fsp3) is 0.533. The number of hydrogen-bond acceptors (Lipinski definition) is 3. The van der Waals surface area contributed by atoms with E-state index in [2.05, 4.69) is 0 Å². The smallest absolute Gasteiger partial charge is 0.454 e. The van der Waals surface area contributed by atoms with Crippen LogP contribution in [-0.2, 0) is 11.2 Å². The normalized spacial score (nSPS) is 15.1. The maximum absolute atomic E-state index is 13.4. The van der Waals surface area contributed by atoms with Crippen molar-refractivity contribution in [3.05, 3.63) is 23.8 Å². The van der Waals surface area contributed by atoms with Gasteiger partial charge >= 0.3 is 18.0 Å². The molecule has 1 aromatic rings. The lowest BCUT2D eigenvalue weighted by Gasteiger charge is -2.32. The van der Waals surface area contributed by atoms with Crippen LogP contribution in [0.4, 0.5) is 30.7 Å². The van der Waals surface area contributed by atoms with E-state index in [4.69, 9.17) is 9.47 Å². The SMILES string of the molecule is CC(C)(Cc1ccc2c(c1)OCO2)NC(=O)C(F)(F)C(F)(F)C(F)(F)F. The molecule has 0 fully saturated rings. The van der Waals surface area contributed by atoms with E-state index in [1.54, 1.807) is 5.32 Å². The lowest BCUT2D eigenvalue weighted by atomic mass is 9.94. The third-order valence-corrected chi connectivity index (χ3v) is 3.57. The number of carbonyl (C=O) groups excluding carboxylic acids is 1. The summed E-state index contributed by atoms with van der Waals surface area (Å²) in [6.07, 6.45) is -6.71. The number of alkyl halides is 7. The van der Waals surface area contributed by atoms with Crippen molar-refractivity contribution in [3.63, 3.8) is 0 Å². The van der Waals surface area contributed by atoms with Crippen molar-refractivity contribution >= 4 is 5.91 Å². The van der Waals surface area contributed by atoms with E-state index in [1.807, 2.05) is 0 Å². The first-order chi connectivity index (χ1) is 11.7. The number of fused-ring (bicyclic) bond motifs is 1. The van der Waals surface area contributed by atoms with Crippen LogP contribution in [0.1, 0.15) is 19.4 Å². The molecule has 0 atom stereocenters. The van der Waals surface area contributed by atoms with Gasteiger partial charge in [0.2, 0.25) is 6.79 Å². The number of halogens is 7. The van der Waals surface area contributed by atoms with Gasteiger partial charge in [-0.05, 0) is 38.0 Å². The van der Waals surface area contributed by atoms with Crippen molar-refractivity contribution in [1.29, 1.82) is 0 Å². The first kappa shape index (κ1) is 20.1. The molecule has 0 unspecified atom stereocenters. The third kappa shape index (κ3) is 3.65. The highest BCUT2D eigenvalue weighted by Crippen LogP contribution is 2.46. The summed E-state index contributed by atoms with van der Waals surface area (Å²) in [6.45, 7) is 2.40. The highest BCUT2D eigenvalue weighted by Gasteiger charge is 2.76. The molecule has 146 valence electrons. The molecule has 11 heteroatoms.